The number of alkyl halides is 2. The van der Waals surface area contributed by atoms with Crippen LogP contribution in [-0.4, -0.2) is 28.7 Å². The van der Waals surface area contributed by atoms with E-state index in [1.807, 2.05) is 13.8 Å². The summed E-state index contributed by atoms with van der Waals surface area (Å²) in [5.41, 5.74) is 7.33. The number of aromatic nitrogens is 1. The van der Waals surface area contributed by atoms with Crippen LogP contribution in [0.1, 0.15) is 24.2 Å². The molecule has 0 unspecified atom stereocenters. The number of ether oxygens (including phenoxy) is 1. The van der Waals surface area contributed by atoms with Crippen LogP contribution in [-0.2, 0) is 0 Å². The smallest absolute Gasteiger partial charge is 0.387 e. The number of carbonyl (C=O) groups is 1. The minimum absolute atomic E-state index is 0.0312. The zero-order valence-corrected chi connectivity index (χ0v) is 16.4. The van der Waals surface area contributed by atoms with Crippen molar-refractivity contribution < 1.29 is 23.4 Å². The van der Waals surface area contributed by atoms with Crippen molar-refractivity contribution in [1.29, 1.82) is 0 Å². The third kappa shape index (κ3) is 4.83. The summed E-state index contributed by atoms with van der Waals surface area (Å²) >= 11 is 0. The fourth-order valence-corrected chi connectivity index (χ4v) is 3.00. The minimum atomic E-state index is -2.96. The van der Waals surface area contributed by atoms with Crippen LogP contribution >= 0.6 is 0 Å². The third-order valence-corrected chi connectivity index (χ3v) is 4.23. The number of hydrogen-bond donors (Lipinski definition) is 3. The van der Waals surface area contributed by atoms with E-state index in [0.717, 1.165) is 0 Å². The van der Waals surface area contributed by atoms with Gasteiger partial charge in [-0.25, -0.2) is 4.98 Å². The summed E-state index contributed by atoms with van der Waals surface area (Å²) in [7, 11) is 0. The quantitative estimate of drug-likeness (QED) is 0.524. The molecule has 30 heavy (non-hydrogen) atoms. The zero-order chi connectivity index (χ0) is 21.8. The molecule has 3 rings (SSSR count). The molecule has 0 aliphatic rings. The van der Waals surface area contributed by atoms with Crippen molar-refractivity contribution >= 4 is 11.7 Å². The van der Waals surface area contributed by atoms with Gasteiger partial charge in [-0.3, -0.25) is 4.79 Å². The van der Waals surface area contributed by atoms with Gasteiger partial charge in [-0.1, -0.05) is 18.2 Å². The van der Waals surface area contributed by atoms with Crippen LogP contribution in [0.15, 0.2) is 54.6 Å². The molecule has 156 valence electrons. The largest absolute Gasteiger partial charge is 0.507 e. The van der Waals surface area contributed by atoms with Gasteiger partial charge in [-0.05, 0) is 55.8 Å². The number of nitrogens with one attached hydrogen (secondary N) is 1. The van der Waals surface area contributed by atoms with Gasteiger partial charge in [0.2, 0.25) is 0 Å². The lowest BCUT2D eigenvalue weighted by atomic mass is 10.0. The van der Waals surface area contributed by atoms with Gasteiger partial charge in [0.25, 0.3) is 5.91 Å². The molecule has 0 spiro atoms. The number of amides is 1. The highest BCUT2D eigenvalue weighted by atomic mass is 19.3. The first-order valence-corrected chi connectivity index (χ1v) is 9.20. The number of nitrogens with zero attached hydrogens (tertiary/aromatic N) is 1. The number of pyridine rings is 1. The summed E-state index contributed by atoms with van der Waals surface area (Å²) in [5, 5.41) is 13.1. The second kappa shape index (κ2) is 8.77. The lowest BCUT2D eigenvalue weighted by Gasteiger charge is -2.16. The van der Waals surface area contributed by atoms with Crippen LogP contribution in [0.5, 0.6) is 11.5 Å². The number of phenols is 1. The second-order valence-electron chi connectivity index (χ2n) is 6.90. The van der Waals surface area contributed by atoms with Crippen molar-refractivity contribution in [2.45, 2.75) is 26.5 Å². The van der Waals surface area contributed by atoms with Crippen LogP contribution in [0.3, 0.4) is 0 Å². The highest BCUT2D eigenvalue weighted by Gasteiger charge is 2.15. The molecular formula is C22H21F2N3O3. The summed E-state index contributed by atoms with van der Waals surface area (Å²) in [6.07, 6.45) is 0. The number of aromatic hydroxyl groups is 1. The van der Waals surface area contributed by atoms with Crippen LogP contribution in [0.25, 0.3) is 22.4 Å². The molecule has 1 amide bonds. The van der Waals surface area contributed by atoms with Gasteiger partial charge >= 0.3 is 6.61 Å². The Hall–Kier alpha value is -3.68. The van der Waals surface area contributed by atoms with Gasteiger partial charge in [-0.2, -0.15) is 8.78 Å². The molecule has 3 aromatic rings. The maximum absolute atomic E-state index is 12.9. The molecule has 0 bridgehead atoms. The number of primary amides is 1. The summed E-state index contributed by atoms with van der Waals surface area (Å²) in [6.45, 7) is 0.914. The Morgan fingerprint density at radius 2 is 1.83 bits per heavy atom. The predicted octanol–water partition coefficient (Wildman–Crippen LogP) is 4.64. The van der Waals surface area contributed by atoms with Crippen molar-refractivity contribution in [2.75, 3.05) is 5.32 Å². The molecule has 1 aromatic heterocycles. The van der Waals surface area contributed by atoms with E-state index < -0.39 is 12.5 Å². The molecule has 4 N–H and O–H groups in total. The second-order valence-corrected chi connectivity index (χ2v) is 6.90. The van der Waals surface area contributed by atoms with E-state index in [9.17, 15) is 18.7 Å². The molecule has 0 atom stereocenters. The molecule has 1 heterocycles. The van der Waals surface area contributed by atoms with E-state index in [0.29, 0.717) is 28.2 Å². The van der Waals surface area contributed by atoms with Crippen molar-refractivity contribution in [3.05, 3.63) is 60.2 Å². The number of hydrogen-bond acceptors (Lipinski definition) is 5. The molecule has 6 nitrogen and oxygen atoms in total. The van der Waals surface area contributed by atoms with Crippen LogP contribution in [0.2, 0.25) is 0 Å². The number of halogens is 2. The van der Waals surface area contributed by atoms with Crippen LogP contribution in [0.4, 0.5) is 14.6 Å². The highest BCUT2D eigenvalue weighted by molar-refractivity contribution is 5.97. The molecule has 0 saturated heterocycles. The lowest BCUT2D eigenvalue weighted by Crippen LogP contribution is -2.12. The van der Waals surface area contributed by atoms with Crippen molar-refractivity contribution in [2.24, 2.45) is 5.73 Å². The van der Waals surface area contributed by atoms with Gasteiger partial charge in [0.05, 0.1) is 11.3 Å². The standard InChI is InChI=1S/C22H21F2N3O3/c1-12(2)26-20-11-14(15-5-3-4-6-19(15)30-22(23)24)10-17(27-20)13-7-8-18(28)16(9-13)21(25)29/h3-12,22,28H,1-2H3,(H2,25,29)(H,26,27). The van der Waals surface area contributed by atoms with Crippen molar-refractivity contribution in [1.82, 2.24) is 4.98 Å². The summed E-state index contributed by atoms with van der Waals surface area (Å²) < 4.78 is 30.4. The van der Waals surface area contributed by atoms with Gasteiger partial charge in [0, 0.05) is 17.2 Å². The molecule has 0 fully saturated rings. The molecule has 0 radical (unpaired) electrons. The molecule has 8 heteroatoms. The topological polar surface area (TPSA) is 97.5 Å². The van der Waals surface area contributed by atoms with Crippen LogP contribution in [0, 0.1) is 0 Å². The fourth-order valence-electron chi connectivity index (χ4n) is 3.00. The maximum Gasteiger partial charge on any atom is 0.387 e. The van der Waals surface area contributed by atoms with E-state index in [1.54, 1.807) is 36.4 Å². The molecular weight excluding hydrogens is 392 g/mol. The van der Waals surface area contributed by atoms with Gasteiger partial charge < -0.3 is 20.9 Å². The Kier molecular flexibility index (Phi) is 6.15. The number of benzene rings is 2. The SMILES string of the molecule is CC(C)Nc1cc(-c2ccccc2OC(F)F)cc(-c2ccc(O)c(C(N)=O)c2)n1. The first kappa shape index (κ1) is 21.0. The maximum atomic E-state index is 12.9. The first-order chi connectivity index (χ1) is 14.2. The van der Waals surface area contributed by atoms with Crippen molar-refractivity contribution in [3.8, 4) is 33.9 Å². The average Bonchev–Trinajstić information content (AvgIpc) is 2.67. The van der Waals surface area contributed by atoms with Crippen molar-refractivity contribution in [3.63, 3.8) is 0 Å². The molecule has 2 aromatic carbocycles. The number of para-hydroxylation sites is 1. The number of anilines is 1. The Morgan fingerprint density at radius 1 is 1.10 bits per heavy atom. The first-order valence-electron chi connectivity index (χ1n) is 9.20. The normalized spacial score (nSPS) is 11.0. The monoisotopic (exact) mass is 413 g/mol. The fraction of sp³-hybridized carbons (Fsp3) is 0.182. The predicted molar refractivity (Wildman–Crippen MR) is 111 cm³/mol. The Balaban J connectivity index is 2.17. The van der Waals surface area contributed by atoms with E-state index in [2.05, 4.69) is 15.0 Å². The van der Waals surface area contributed by atoms with Crippen LogP contribution < -0.4 is 15.8 Å². The average molecular weight is 413 g/mol. The Bertz CT molecular complexity index is 1070. The van der Waals surface area contributed by atoms with Gasteiger partial charge in [-0.15, -0.1) is 0 Å². The lowest BCUT2D eigenvalue weighted by molar-refractivity contribution is -0.0494. The van der Waals surface area contributed by atoms with Gasteiger partial charge in [0.1, 0.15) is 17.3 Å². The minimum Gasteiger partial charge on any atom is -0.507 e. The van der Waals surface area contributed by atoms with E-state index in [-0.39, 0.29) is 23.1 Å². The summed E-state index contributed by atoms with van der Waals surface area (Å²) in [5.74, 6) is -0.470. The van der Waals surface area contributed by atoms with E-state index >= 15 is 0 Å². The zero-order valence-electron chi connectivity index (χ0n) is 16.4. The Morgan fingerprint density at radius 3 is 2.50 bits per heavy atom. The van der Waals surface area contributed by atoms with E-state index in [4.69, 9.17) is 5.73 Å². The molecule has 0 saturated carbocycles. The van der Waals surface area contributed by atoms with Gasteiger partial charge in [0.15, 0.2) is 0 Å². The Labute approximate surface area is 172 Å². The third-order valence-electron chi connectivity index (χ3n) is 4.23. The summed E-state index contributed by atoms with van der Waals surface area (Å²) in [4.78, 5) is 16.2. The highest BCUT2D eigenvalue weighted by Crippen LogP contribution is 2.35. The number of nitrogens with two attached hydrogens (primary N) is 1. The molecule has 0 aliphatic carbocycles. The van der Waals surface area contributed by atoms with E-state index in [1.165, 1.54) is 18.2 Å². The molecule has 0 aliphatic heterocycles. The number of carbonyl (C=O) groups excluding carboxylic acids is 1. The summed E-state index contributed by atoms with van der Waals surface area (Å²) in [6, 6.07) is 14.3. The number of rotatable bonds is 7.